The van der Waals surface area contributed by atoms with E-state index in [0.717, 1.165) is 0 Å². The molecule has 52 valence electrons. The fraction of sp³-hybridized carbons (Fsp3) is 0.286. The second-order valence-corrected chi connectivity index (χ2v) is 3.41. The average Bonchev–Trinajstić information content (AvgIpc) is 2.36. The lowest BCUT2D eigenvalue weighted by atomic mass is 10.0. The van der Waals surface area contributed by atoms with Crippen molar-refractivity contribution < 1.29 is 4.79 Å². The van der Waals surface area contributed by atoms with Crippen LogP contribution in [0.5, 0.6) is 0 Å². The van der Waals surface area contributed by atoms with Gasteiger partial charge in [0, 0.05) is 11.4 Å². The summed E-state index contributed by atoms with van der Waals surface area (Å²) in [5.74, 6) is 0.198. The van der Waals surface area contributed by atoms with Crippen LogP contribution in [0.3, 0.4) is 0 Å². The number of amides is 1. The molecule has 0 aliphatic carbocycles. The molecule has 0 fully saturated rings. The normalized spacial score (nSPS) is 35.8. The van der Waals surface area contributed by atoms with Crippen molar-refractivity contribution in [3.63, 3.8) is 0 Å². The molecular weight excluding hydrogens is 146 g/mol. The third kappa shape index (κ3) is 0.778. The first-order valence-electron chi connectivity index (χ1n) is 3.17. The van der Waals surface area contributed by atoms with E-state index < -0.39 is 0 Å². The second kappa shape index (κ2) is 2.16. The van der Waals surface area contributed by atoms with E-state index in [1.165, 1.54) is 0 Å². The van der Waals surface area contributed by atoms with E-state index in [1.54, 1.807) is 18.0 Å². The summed E-state index contributed by atoms with van der Waals surface area (Å²) in [6.45, 7) is 0. The summed E-state index contributed by atoms with van der Waals surface area (Å²) >= 11 is 1.70. The predicted octanol–water partition coefficient (Wildman–Crippen LogP) is 0.875. The molecule has 0 radical (unpaired) electrons. The molecule has 0 aromatic rings. The van der Waals surface area contributed by atoms with E-state index in [-0.39, 0.29) is 11.8 Å². The van der Waals surface area contributed by atoms with Gasteiger partial charge in [0.1, 0.15) is 0 Å². The SMILES string of the molecule is O=C1NC=CC2SC=CC12. The highest BCUT2D eigenvalue weighted by Crippen LogP contribution is 2.32. The Labute approximate surface area is 63.4 Å². The van der Waals surface area contributed by atoms with Gasteiger partial charge in [0.15, 0.2) is 0 Å². The standard InChI is InChI=1S/C7H7NOS/c9-7-5-2-4-10-6(5)1-3-8-7/h1-6H,(H,8,9). The maximum absolute atomic E-state index is 11.0. The van der Waals surface area contributed by atoms with Crippen LogP contribution in [0.15, 0.2) is 23.8 Å². The lowest BCUT2D eigenvalue weighted by Gasteiger charge is -2.17. The molecule has 1 amide bonds. The fourth-order valence-electron chi connectivity index (χ4n) is 1.14. The Morgan fingerprint density at radius 2 is 2.40 bits per heavy atom. The van der Waals surface area contributed by atoms with E-state index in [1.807, 2.05) is 17.6 Å². The van der Waals surface area contributed by atoms with Gasteiger partial charge in [0.05, 0.1) is 5.92 Å². The molecule has 0 bridgehead atoms. The summed E-state index contributed by atoms with van der Waals surface area (Å²) in [7, 11) is 0. The Balaban J connectivity index is 2.28. The quantitative estimate of drug-likeness (QED) is 0.559. The maximum atomic E-state index is 11.0. The van der Waals surface area contributed by atoms with Gasteiger partial charge in [-0.1, -0.05) is 12.2 Å². The first-order chi connectivity index (χ1) is 4.88. The maximum Gasteiger partial charge on any atom is 0.232 e. The third-order valence-corrected chi connectivity index (χ3v) is 2.77. The number of hydrogen-bond donors (Lipinski definition) is 1. The summed E-state index contributed by atoms with van der Waals surface area (Å²) < 4.78 is 0. The first kappa shape index (κ1) is 6.04. The number of hydrogen-bond acceptors (Lipinski definition) is 2. The Bertz CT molecular complexity index is 222. The molecular formula is C7H7NOS. The Morgan fingerprint density at radius 3 is 3.20 bits per heavy atom. The minimum absolute atomic E-state index is 0.0787. The molecule has 2 nitrogen and oxygen atoms in total. The summed E-state index contributed by atoms with van der Waals surface area (Å²) in [6.07, 6.45) is 5.70. The van der Waals surface area contributed by atoms with Crippen molar-refractivity contribution in [1.82, 2.24) is 5.32 Å². The zero-order valence-corrected chi connectivity index (χ0v) is 6.10. The zero-order valence-electron chi connectivity index (χ0n) is 5.28. The van der Waals surface area contributed by atoms with Crippen LogP contribution < -0.4 is 5.32 Å². The summed E-state index contributed by atoms with van der Waals surface area (Å²) in [4.78, 5) is 11.0. The van der Waals surface area contributed by atoms with E-state index in [0.29, 0.717) is 5.25 Å². The van der Waals surface area contributed by atoms with E-state index in [2.05, 4.69) is 5.32 Å². The Kier molecular flexibility index (Phi) is 1.31. The van der Waals surface area contributed by atoms with Crippen LogP contribution >= 0.6 is 11.8 Å². The Morgan fingerprint density at radius 1 is 1.50 bits per heavy atom. The van der Waals surface area contributed by atoms with Crippen LogP contribution in [0.25, 0.3) is 0 Å². The highest BCUT2D eigenvalue weighted by molar-refractivity contribution is 8.03. The molecule has 2 aliphatic heterocycles. The van der Waals surface area contributed by atoms with Crippen LogP contribution in [0.2, 0.25) is 0 Å². The number of carbonyl (C=O) groups excluding carboxylic acids is 1. The lowest BCUT2D eigenvalue weighted by Crippen LogP contribution is -2.33. The van der Waals surface area contributed by atoms with Gasteiger partial charge in [-0.05, 0) is 5.41 Å². The van der Waals surface area contributed by atoms with E-state index in [4.69, 9.17) is 0 Å². The van der Waals surface area contributed by atoms with Crippen molar-refractivity contribution in [3.05, 3.63) is 23.8 Å². The molecule has 0 aromatic carbocycles. The summed E-state index contributed by atoms with van der Waals surface area (Å²) in [5, 5.41) is 5.02. The molecule has 2 unspecified atom stereocenters. The largest absolute Gasteiger partial charge is 0.332 e. The summed E-state index contributed by atoms with van der Waals surface area (Å²) in [6, 6.07) is 0. The number of thioether (sulfide) groups is 1. The van der Waals surface area contributed by atoms with Gasteiger partial charge in [-0.25, -0.2) is 0 Å². The topological polar surface area (TPSA) is 29.1 Å². The minimum atomic E-state index is 0.0787. The smallest absolute Gasteiger partial charge is 0.232 e. The van der Waals surface area contributed by atoms with Crippen molar-refractivity contribution >= 4 is 17.7 Å². The molecule has 0 spiro atoms. The van der Waals surface area contributed by atoms with Gasteiger partial charge in [-0.2, -0.15) is 0 Å². The number of carbonyl (C=O) groups is 1. The monoisotopic (exact) mass is 153 g/mol. The van der Waals surface area contributed by atoms with Gasteiger partial charge >= 0.3 is 0 Å². The third-order valence-electron chi connectivity index (χ3n) is 1.69. The summed E-state index contributed by atoms with van der Waals surface area (Å²) in [5.41, 5.74) is 0. The first-order valence-corrected chi connectivity index (χ1v) is 4.11. The molecule has 0 aromatic heterocycles. The van der Waals surface area contributed by atoms with Gasteiger partial charge < -0.3 is 5.32 Å². The van der Waals surface area contributed by atoms with Gasteiger partial charge in [0.2, 0.25) is 5.91 Å². The van der Waals surface area contributed by atoms with Crippen molar-refractivity contribution in [2.45, 2.75) is 5.25 Å². The van der Waals surface area contributed by atoms with Crippen LogP contribution in [0, 0.1) is 5.92 Å². The van der Waals surface area contributed by atoms with Crippen molar-refractivity contribution in [1.29, 1.82) is 0 Å². The molecule has 2 rings (SSSR count). The molecule has 0 saturated carbocycles. The molecule has 3 heteroatoms. The molecule has 1 N–H and O–H groups in total. The van der Waals surface area contributed by atoms with E-state index in [9.17, 15) is 4.79 Å². The predicted molar refractivity (Wildman–Crippen MR) is 41.3 cm³/mol. The van der Waals surface area contributed by atoms with Gasteiger partial charge in [-0.3, -0.25) is 4.79 Å². The Hall–Kier alpha value is -0.700. The highest BCUT2D eigenvalue weighted by Gasteiger charge is 2.29. The number of nitrogens with one attached hydrogen (secondary N) is 1. The molecule has 2 heterocycles. The van der Waals surface area contributed by atoms with Crippen LogP contribution in [-0.2, 0) is 4.79 Å². The van der Waals surface area contributed by atoms with E-state index >= 15 is 0 Å². The van der Waals surface area contributed by atoms with Gasteiger partial charge in [0.25, 0.3) is 0 Å². The molecule has 10 heavy (non-hydrogen) atoms. The van der Waals surface area contributed by atoms with Crippen LogP contribution in [0.1, 0.15) is 0 Å². The minimum Gasteiger partial charge on any atom is -0.332 e. The second-order valence-electron chi connectivity index (χ2n) is 2.32. The van der Waals surface area contributed by atoms with Crippen molar-refractivity contribution in [3.8, 4) is 0 Å². The van der Waals surface area contributed by atoms with Crippen molar-refractivity contribution in [2.75, 3.05) is 0 Å². The van der Waals surface area contributed by atoms with Crippen molar-refractivity contribution in [2.24, 2.45) is 5.92 Å². The highest BCUT2D eigenvalue weighted by atomic mass is 32.2. The fourth-order valence-corrected chi connectivity index (χ4v) is 2.13. The lowest BCUT2D eigenvalue weighted by molar-refractivity contribution is -0.122. The molecule has 0 saturated heterocycles. The number of rotatable bonds is 0. The van der Waals surface area contributed by atoms with Gasteiger partial charge in [-0.15, -0.1) is 11.8 Å². The van der Waals surface area contributed by atoms with Crippen LogP contribution in [-0.4, -0.2) is 11.2 Å². The van der Waals surface area contributed by atoms with Crippen LogP contribution in [0.4, 0.5) is 0 Å². The zero-order chi connectivity index (χ0) is 6.97. The molecule has 2 aliphatic rings. The molecule has 2 atom stereocenters. The average molecular weight is 153 g/mol. The number of fused-ring (bicyclic) bond motifs is 1.